The van der Waals surface area contributed by atoms with Crippen molar-refractivity contribution >= 4 is 0 Å². The smallest absolute Gasteiger partial charge is 0.124 e. The number of hydrogen-bond acceptors (Lipinski definition) is 2. The molecule has 1 radical (unpaired) electrons. The normalized spacial score (nSPS) is 9.14. The molecule has 0 aliphatic carbocycles. The average Bonchev–Trinajstić information content (AvgIpc) is 2.24. The van der Waals surface area contributed by atoms with Crippen LogP contribution in [-0.2, 0) is 0 Å². The van der Waals surface area contributed by atoms with E-state index in [1.807, 2.05) is 6.07 Å². The molecule has 0 aliphatic heterocycles. The van der Waals surface area contributed by atoms with Crippen molar-refractivity contribution in [3.63, 3.8) is 0 Å². The van der Waals surface area contributed by atoms with E-state index in [1.165, 1.54) is 0 Å². The lowest BCUT2D eigenvalue weighted by atomic mass is 10.3. The van der Waals surface area contributed by atoms with Crippen LogP contribution in [-0.4, -0.2) is 13.2 Å². The summed E-state index contributed by atoms with van der Waals surface area (Å²) in [7, 11) is 0. The fraction of sp³-hybridized carbons (Fsp3) is 0.167. The van der Waals surface area contributed by atoms with Crippen LogP contribution in [0.1, 0.15) is 0 Å². The highest BCUT2D eigenvalue weighted by molar-refractivity contribution is 5.32. The minimum absolute atomic E-state index is 0.485. The summed E-state index contributed by atoms with van der Waals surface area (Å²) in [6.45, 7) is 8.11. The second-order valence-corrected chi connectivity index (χ2v) is 2.60. The molecule has 0 N–H and O–H groups in total. The number of hydrogen-bond donors (Lipinski definition) is 0. The molecule has 0 spiro atoms. The quantitative estimate of drug-likeness (QED) is 0.640. The zero-order valence-corrected chi connectivity index (χ0v) is 8.03. The second-order valence-electron chi connectivity index (χ2n) is 2.60. The number of benzene rings is 1. The van der Waals surface area contributed by atoms with Gasteiger partial charge in [-0.15, -0.1) is 0 Å². The Balaban J connectivity index is 2.58. The molecule has 0 aromatic heterocycles. The highest BCUT2D eigenvalue weighted by Gasteiger charge is 1.95. The van der Waals surface area contributed by atoms with Crippen molar-refractivity contribution in [2.75, 3.05) is 13.2 Å². The minimum Gasteiger partial charge on any atom is -0.489 e. The molecule has 2 heteroatoms. The maximum Gasteiger partial charge on any atom is 0.124 e. The third kappa shape index (κ3) is 3.35. The molecule has 0 fully saturated rings. The largest absolute Gasteiger partial charge is 0.489 e. The second kappa shape index (κ2) is 5.86. The SMILES string of the molecule is C=CCOc1c[c]cc(OCC=C)c1. The highest BCUT2D eigenvalue weighted by atomic mass is 16.5. The first-order valence-electron chi connectivity index (χ1n) is 4.35. The molecule has 1 rings (SSSR count). The van der Waals surface area contributed by atoms with E-state index < -0.39 is 0 Å². The van der Waals surface area contributed by atoms with Crippen molar-refractivity contribution in [2.24, 2.45) is 0 Å². The Morgan fingerprint density at radius 1 is 1.07 bits per heavy atom. The molecule has 0 heterocycles. The van der Waals surface area contributed by atoms with Gasteiger partial charge in [-0.2, -0.15) is 0 Å². The van der Waals surface area contributed by atoms with Gasteiger partial charge in [0.2, 0.25) is 0 Å². The molecule has 0 bridgehead atoms. The van der Waals surface area contributed by atoms with Crippen LogP contribution in [0.2, 0.25) is 0 Å². The minimum atomic E-state index is 0.485. The fourth-order valence-corrected chi connectivity index (χ4v) is 0.906. The average molecular weight is 189 g/mol. The number of ether oxygens (including phenoxy) is 2. The molecule has 0 aliphatic rings. The Morgan fingerprint density at radius 2 is 1.57 bits per heavy atom. The molecule has 0 saturated carbocycles. The standard InChI is InChI=1S/C12H13O2/c1-3-8-13-11-6-5-7-12(10-11)14-9-4-2/h3-4,6-7,10H,1-2,8-9H2. The van der Waals surface area contributed by atoms with Crippen molar-refractivity contribution in [3.05, 3.63) is 49.6 Å². The maximum atomic E-state index is 5.32. The van der Waals surface area contributed by atoms with E-state index in [0.29, 0.717) is 13.2 Å². The van der Waals surface area contributed by atoms with E-state index >= 15 is 0 Å². The zero-order valence-electron chi connectivity index (χ0n) is 8.03. The van der Waals surface area contributed by atoms with Crippen molar-refractivity contribution in [2.45, 2.75) is 0 Å². The fourth-order valence-electron chi connectivity index (χ4n) is 0.906. The first kappa shape index (κ1) is 10.4. The summed E-state index contributed by atoms with van der Waals surface area (Å²) < 4.78 is 10.6. The molecular formula is C12H13O2. The van der Waals surface area contributed by atoms with Crippen LogP contribution in [0.5, 0.6) is 11.5 Å². The zero-order chi connectivity index (χ0) is 10.2. The van der Waals surface area contributed by atoms with Crippen molar-refractivity contribution in [1.82, 2.24) is 0 Å². The van der Waals surface area contributed by atoms with Crippen molar-refractivity contribution in [3.8, 4) is 11.5 Å². The van der Waals surface area contributed by atoms with Crippen molar-refractivity contribution in [1.29, 1.82) is 0 Å². The first-order valence-corrected chi connectivity index (χ1v) is 4.35. The van der Waals surface area contributed by atoms with Gasteiger partial charge in [0.25, 0.3) is 0 Å². The van der Waals surface area contributed by atoms with Crippen LogP contribution in [0.25, 0.3) is 0 Å². The molecule has 73 valence electrons. The number of rotatable bonds is 6. The van der Waals surface area contributed by atoms with Gasteiger partial charge in [-0.3, -0.25) is 0 Å². The van der Waals surface area contributed by atoms with Gasteiger partial charge >= 0.3 is 0 Å². The summed E-state index contributed by atoms with van der Waals surface area (Å²) in [4.78, 5) is 0. The summed E-state index contributed by atoms with van der Waals surface area (Å²) in [6.07, 6.45) is 3.38. The third-order valence-corrected chi connectivity index (χ3v) is 1.47. The Bertz CT molecular complexity index is 278. The molecule has 0 unspecified atom stereocenters. The summed E-state index contributed by atoms with van der Waals surface area (Å²) in [5.41, 5.74) is 0. The van der Waals surface area contributed by atoms with E-state index in [4.69, 9.17) is 9.47 Å². The Morgan fingerprint density at radius 3 is 2.00 bits per heavy atom. The Hall–Kier alpha value is -1.70. The van der Waals surface area contributed by atoms with E-state index in [2.05, 4.69) is 19.2 Å². The van der Waals surface area contributed by atoms with Gasteiger partial charge in [-0.1, -0.05) is 25.3 Å². The monoisotopic (exact) mass is 189 g/mol. The van der Waals surface area contributed by atoms with Crippen LogP contribution in [0, 0.1) is 6.07 Å². The van der Waals surface area contributed by atoms with Gasteiger partial charge in [0, 0.05) is 6.07 Å². The molecule has 0 atom stereocenters. The summed E-state index contributed by atoms with van der Waals surface area (Å²) in [5.74, 6) is 1.46. The van der Waals surface area contributed by atoms with Crippen LogP contribution < -0.4 is 9.47 Å². The van der Waals surface area contributed by atoms with E-state index in [9.17, 15) is 0 Å². The lowest BCUT2D eigenvalue weighted by Crippen LogP contribution is -1.95. The van der Waals surface area contributed by atoms with Crippen LogP contribution >= 0.6 is 0 Å². The van der Waals surface area contributed by atoms with Gasteiger partial charge < -0.3 is 9.47 Å². The van der Waals surface area contributed by atoms with Gasteiger partial charge in [0.15, 0.2) is 0 Å². The van der Waals surface area contributed by atoms with Gasteiger partial charge in [-0.05, 0) is 18.2 Å². The molecule has 1 aromatic rings. The molecule has 14 heavy (non-hydrogen) atoms. The molecule has 2 nitrogen and oxygen atoms in total. The topological polar surface area (TPSA) is 18.5 Å². The van der Waals surface area contributed by atoms with Gasteiger partial charge in [0.05, 0.1) is 0 Å². The van der Waals surface area contributed by atoms with E-state index in [1.54, 1.807) is 24.3 Å². The van der Waals surface area contributed by atoms with Crippen molar-refractivity contribution < 1.29 is 9.47 Å². The lowest BCUT2D eigenvalue weighted by molar-refractivity contribution is 0.345. The third-order valence-electron chi connectivity index (χ3n) is 1.47. The molecule has 1 aromatic carbocycles. The van der Waals surface area contributed by atoms with Gasteiger partial charge in [0.1, 0.15) is 24.7 Å². The van der Waals surface area contributed by atoms with Crippen LogP contribution in [0.4, 0.5) is 0 Å². The first-order chi connectivity index (χ1) is 6.86. The maximum absolute atomic E-state index is 5.32. The Kier molecular flexibility index (Phi) is 4.35. The predicted octanol–water partition coefficient (Wildman–Crippen LogP) is 2.62. The van der Waals surface area contributed by atoms with Crippen LogP contribution in [0.3, 0.4) is 0 Å². The van der Waals surface area contributed by atoms with E-state index in [0.717, 1.165) is 11.5 Å². The predicted molar refractivity (Wildman–Crippen MR) is 56.7 cm³/mol. The molecule has 0 saturated heterocycles. The summed E-state index contributed by atoms with van der Waals surface area (Å²) >= 11 is 0. The highest BCUT2D eigenvalue weighted by Crippen LogP contribution is 2.18. The van der Waals surface area contributed by atoms with E-state index in [-0.39, 0.29) is 0 Å². The van der Waals surface area contributed by atoms with Gasteiger partial charge in [-0.25, -0.2) is 0 Å². The summed E-state index contributed by atoms with van der Waals surface area (Å²) in [6, 6.07) is 8.25. The molecular weight excluding hydrogens is 176 g/mol. The Labute approximate surface area is 84.5 Å². The summed E-state index contributed by atoms with van der Waals surface area (Å²) in [5, 5.41) is 0. The van der Waals surface area contributed by atoms with Crippen LogP contribution in [0.15, 0.2) is 43.5 Å². The lowest BCUT2D eigenvalue weighted by Gasteiger charge is -2.06. The molecule has 0 amide bonds.